The highest BCUT2D eigenvalue weighted by atomic mass is 32.2. The molecule has 2 aromatic rings. The van der Waals surface area contributed by atoms with Gasteiger partial charge < -0.3 is 14.5 Å². The quantitative estimate of drug-likeness (QED) is 0.363. The van der Waals surface area contributed by atoms with Gasteiger partial charge in [0, 0.05) is 62.7 Å². The van der Waals surface area contributed by atoms with Crippen LogP contribution in [0.3, 0.4) is 0 Å². The molecule has 1 saturated carbocycles. The van der Waals surface area contributed by atoms with Crippen molar-refractivity contribution in [2.45, 2.75) is 49.0 Å². The van der Waals surface area contributed by atoms with E-state index in [4.69, 9.17) is 9.57 Å². The SMILES string of the molecule is CC(=O)N1CCN(Cc2cnc(NC(=O)/C(=N/O[C@@H]3CCOC3)c3ccc(S(=O)(=O)C4CC4)cc3)s2)CC1. The number of carbonyl (C=O) groups excluding carboxylic acids is 2. The Hall–Kier alpha value is -2.87. The Balaban J connectivity index is 1.26. The van der Waals surface area contributed by atoms with Gasteiger partial charge in [-0.05, 0) is 25.0 Å². The summed E-state index contributed by atoms with van der Waals surface area (Å²) in [5.74, 6) is -0.411. The topological polar surface area (TPSA) is 130 Å². The van der Waals surface area contributed by atoms with Gasteiger partial charge in [0.1, 0.15) is 0 Å². The molecule has 1 N–H and O–H groups in total. The number of ether oxygens (including phenoxy) is 1. The van der Waals surface area contributed by atoms with Crippen LogP contribution in [0.1, 0.15) is 36.6 Å². The van der Waals surface area contributed by atoms with Crippen LogP contribution in [0.4, 0.5) is 5.13 Å². The van der Waals surface area contributed by atoms with E-state index in [1.54, 1.807) is 25.3 Å². The lowest BCUT2D eigenvalue weighted by molar-refractivity contribution is -0.130. The van der Waals surface area contributed by atoms with Gasteiger partial charge in [0.25, 0.3) is 5.91 Å². The third-order valence-corrected chi connectivity index (χ3v) is 9.96. The Morgan fingerprint density at radius 3 is 2.53 bits per heavy atom. The first kappa shape index (κ1) is 26.7. The summed E-state index contributed by atoms with van der Waals surface area (Å²) in [4.78, 5) is 40.1. The fourth-order valence-corrected chi connectivity index (χ4v) is 6.86. The van der Waals surface area contributed by atoms with Crippen LogP contribution in [0.2, 0.25) is 0 Å². The predicted molar refractivity (Wildman–Crippen MR) is 142 cm³/mol. The van der Waals surface area contributed by atoms with Crippen LogP contribution < -0.4 is 5.32 Å². The van der Waals surface area contributed by atoms with E-state index in [0.717, 1.165) is 18.0 Å². The Labute approximate surface area is 225 Å². The number of nitrogens with zero attached hydrogens (tertiary/aromatic N) is 4. The molecule has 0 bridgehead atoms. The van der Waals surface area contributed by atoms with Crippen LogP contribution in [0.5, 0.6) is 0 Å². The molecule has 2 amide bonds. The number of nitrogens with one attached hydrogen (secondary N) is 1. The fraction of sp³-hybridized carbons (Fsp3) is 0.520. The van der Waals surface area contributed by atoms with Crippen molar-refractivity contribution in [3.8, 4) is 0 Å². The molecule has 3 heterocycles. The molecule has 3 fully saturated rings. The molecule has 38 heavy (non-hydrogen) atoms. The normalized spacial score (nSPS) is 20.9. The van der Waals surface area contributed by atoms with Crippen LogP contribution in [0.15, 0.2) is 40.5 Å². The van der Waals surface area contributed by atoms with Gasteiger partial charge in [-0.3, -0.25) is 19.8 Å². The number of benzene rings is 1. The Morgan fingerprint density at radius 2 is 1.89 bits per heavy atom. The molecule has 3 aliphatic rings. The van der Waals surface area contributed by atoms with Gasteiger partial charge in [-0.15, -0.1) is 11.3 Å². The number of carbonyl (C=O) groups is 2. The summed E-state index contributed by atoms with van der Waals surface area (Å²) >= 11 is 1.37. The average molecular weight is 562 g/mol. The van der Waals surface area contributed by atoms with Gasteiger partial charge in [-0.25, -0.2) is 13.4 Å². The van der Waals surface area contributed by atoms with Crippen molar-refractivity contribution < 1.29 is 27.6 Å². The summed E-state index contributed by atoms with van der Waals surface area (Å²) in [6.07, 6.45) is 3.52. The molecule has 2 aliphatic heterocycles. The van der Waals surface area contributed by atoms with E-state index in [-0.39, 0.29) is 27.9 Å². The Bertz CT molecular complexity index is 1290. The fourth-order valence-electron chi connectivity index (χ4n) is 4.36. The van der Waals surface area contributed by atoms with E-state index < -0.39 is 15.7 Å². The molecule has 1 aliphatic carbocycles. The predicted octanol–water partition coefficient (Wildman–Crippen LogP) is 1.89. The van der Waals surface area contributed by atoms with E-state index >= 15 is 0 Å². The largest absolute Gasteiger partial charge is 0.389 e. The molecule has 0 unspecified atom stereocenters. The summed E-state index contributed by atoms with van der Waals surface area (Å²) in [6, 6.07) is 6.18. The number of aromatic nitrogens is 1. The zero-order chi connectivity index (χ0) is 26.7. The highest BCUT2D eigenvalue weighted by molar-refractivity contribution is 7.92. The first-order valence-corrected chi connectivity index (χ1v) is 15.1. The summed E-state index contributed by atoms with van der Waals surface area (Å²) in [5, 5.41) is 7.07. The number of oxime groups is 1. The maximum Gasteiger partial charge on any atom is 0.280 e. The number of hydrogen-bond acceptors (Lipinski definition) is 10. The molecule has 13 heteroatoms. The molecule has 1 atom stereocenters. The summed E-state index contributed by atoms with van der Waals surface area (Å²) < 4.78 is 30.5. The number of amides is 2. The number of anilines is 1. The maximum absolute atomic E-state index is 13.3. The van der Waals surface area contributed by atoms with Gasteiger partial charge in [0.15, 0.2) is 26.8 Å². The number of thiazole rings is 1. The van der Waals surface area contributed by atoms with E-state index in [1.165, 1.54) is 23.5 Å². The summed E-state index contributed by atoms with van der Waals surface area (Å²) in [5.41, 5.74) is 0.473. The Morgan fingerprint density at radius 1 is 1.16 bits per heavy atom. The number of hydrogen-bond donors (Lipinski definition) is 1. The van der Waals surface area contributed by atoms with Gasteiger partial charge in [0.05, 0.1) is 23.4 Å². The van der Waals surface area contributed by atoms with Crippen LogP contribution in [-0.2, 0) is 35.5 Å². The van der Waals surface area contributed by atoms with Crippen molar-refractivity contribution in [3.05, 3.63) is 40.9 Å². The second kappa shape index (κ2) is 11.5. The lowest BCUT2D eigenvalue weighted by atomic mass is 10.1. The minimum atomic E-state index is -3.34. The van der Waals surface area contributed by atoms with Gasteiger partial charge in [-0.2, -0.15) is 0 Å². The van der Waals surface area contributed by atoms with E-state index in [0.29, 0.717) is 62.8 Å². The van der Waals surface area contributed by atoms with Crippen molar-refractivity contribution >= 4 is 43.8 Å². The molecule has 204 valence electrons. The lowest BCUT2D eigenvalue weighted by Gasteiger charge is -2.33. The van der Waals surface area contributed by atoms with E-state index in [1.807, 2.05) is 4.90 Å². The van der Waals surface area contributed by atoms with Crippen LogP contribution in [-0.4, -0.2) is 91.5 Å². The zero-order valence-corrected chi connectivity index (χ0v) is 22.8. The van der Waals surface area contributed by atoms with Gasteiger partial charge in [0.2, 0.25) is 5.91 Å². The van der Waals surface area contributed by atoms with Crippen molar-refractivity contribution in [3.63, 3.8) is 0 Å². The van der Waals surface area contributed by atoms with Gasteiger partial charge in [-0.1, -0.05) is 17.3 Å². The first-order chi connectivity index (χ1) is 18.3. The second-order valence-corrected chi connectivity index (χ2v) is 13.0. The number of piperazine rings is 1. The molecule has 0 radical (unpaired) electrons. The average Bonchev–Trinajstić information content (AvgIpc) is 3.49. The molecule has 1 aromatic carbocycles. The summed E-state index contributed by atoms with van der Waals surface area (Å²) in [7, 11) is -3.34. The van der Waals surface area contributed by atoms with E-state index in [2.05, 4.69) is 20.4 Å². The van der Waals surface area contributed by atoms with Crippen molar-refractivity contribution in [1.82, 2.24) is 14.8 Å². The highest BCUT2D eigenvalue weighted by Crippen LogP contribution is 2.33. The second-order valence-electron chi connectivity index (χ2n) is 9.67. The van der Waals surface area contributed by atoms with Crippen molar-refractivity contribution in [1.29, 1.82) is 0 Å². The third kappa shape index (κ3) is 6.40. The monoisotopic (exact) mass is 561 g/mol. The highest BCUT2D eigenvalue weighted by Gasteiger charge is 2.37. The van der Waals surface area contributed by atoms with Gasteiger partial charge >= 0.3 is 0 Å². The minimum Gasteiger partial charge on any atom is -0.389 e. The van der Waals surface area contributed by atoms with Crippen LogP contribution in [0, 0.1) is 0 Å². The van der Waals surface area contributed by atoms with Crippen molar-refractivity contribution in [2.24, 2.45) is 5.16 Å². The van der Waals surface area contributed by atoms with E-state index in [9.17, 15) is 18.0 Å². The Kier molecular flexibility index (Phi) is 8.07. The molecular weight excluding hydrogens is 530 g/mol. The molecular formula is C25H31N5O6S2. The summed E-state index contributed by atoms with van der Waals surface area (Å²) in [6.45, 7) is 6.20. The molecule has 2 saturated heterocycles. The molecule has 11 nitrogen and oxygen atoms in total. The maximum atomic E-state index is 13.3. The van der Waals surface area contributed by atoms with Crippen LogP contribution in [0.25, 0.3) is 0 Å². The zero-order valence-electron chi connectivity index (χ0n) is 21.2. The minimum absolute atomic E-state index is 0.0318. The molecule has 5 rings (SSSR count). The number of sulfone groups is 1. The first-order valence-electron chi connectivity index (χ1n) is 12.7. The van der Waals surface area contributed by atoms with Crippen LogP contribution >= 0.6 is 11.3 Å². The standard InChI is InChI=1S/C25H31N5O6S2/c1-17(31)30-11-9-29(10-12-30)15-20-14-26-25(37-20)27-24(32)23(28-36-19-8-13-35-16-19)18-2-4-21(5-3-18)38(33,34)22-6-7-22/h2-5,14,19,22H,6-13,15-16H2,1H3,(H,26,27,32)/b28-23+/t19-/m1/s1. The molecule has 0 spiro atoms. The smallest absolute Gasteiger partial charge is 0.280 e. The van der Waals surface area contributed by atoms with Crippen molar-refractivity contribution in [2.75, 3.05) is 44.7 Å². The number of rotatable bonds is 9. The molecule has 1 aromatic heterocycles. The lowest BCUT2D eigenvalue weighted by Crippen LogP contribution is -2.47. The third-order valence-electron chi connectivity index (χ3n) is 6.79.